The Labute approximate surface area is 107 Å². The second kappa shape index (κ2) is 5.73. The molecule has 0 fully saturated rings. The minimum atomic E-state index is -0.107. The van der Waals surface area contributed by atoms with Crippen molar-refractivity contribution in [2.75, 3.05) is 11.9 Å². The first-order chi connectivity index (χ1) is 7.10. The standard InChI is InChI=1S/C10H9BrCl2O2/c1-2-15-10-4-7(12)6(3-8(10)13)9(14)5-11/h3-4H,2,5H2,1H3. The van der Waals surface area contributed by atoms with E-state index >= 15 is 0 Å². The lowest BCUT2D eigenvalue weighted by atomic mass is 10.1. The van der Waals surface area contributed by atoms with Gasteiger partial charge < -0.3 is 4.74 Å². The maximum atomic E-state index is 11.4. The molecule has 0 N–H and O–H groups in total. The third-order valence-corrected chi connectivity index (χ3v) is 2.86. The molecule has 0 bridgehead atoms. The maximum Gasteiger partial charge on any atom is 0.174 e. The zero-order valence-corrected chi connectivity index (χ0v) is 11.1. The van der Waals surface area contributed by atoms with E-state index in [9.17, 15) is 4.79 Å². The summed E-state index contributed by atoms with van der Waals surface area (Å²) < 4.78 is 5.25. The SMILES string of the molecule is CCOc1cc(Cl)c(C(=O)CBr)cc1Cl. The first-order valence-corrected chi connectivity index (χ1v) is 6.18. The summed E-state index contributed by atoms with van der Waals surface area (Å²) in [6, 6.07) is 3.09. The van der Waals surface area contributed by atoms with Crippen LogP contribution >= 0.6 is 39.1 Å². The summed E-state index contributed by atoms with van der Waals surface area (Å²) in [6.45, 7) is 2.35. The average Bonchev–Trinajstić information content (AvgIpc) is 2.22. The lowest BCUT2D eigenvalue weighted by Crippen LogP contribution is -2.02. The summed E-state index contributed by atoms with van der Waals surface area (Å²) in [5, 5.41) is 0.967. The van der Waals surface area contributed by atoms with Gasteiger partial charge in [-0.05, 0) is 13.0 Å². The molecule has 1 aromatic carbocycles. The first kappa shape index (κ1) is 12.8. The molecule has 15 heavy (non-hydrogen) atoms. The molecule has 1 rings (SSSR count). The number of ketones is 1. The fourth-order valence-electron chi connectivity index (χ4n) is 1.08. The lowest BCUT2D eigenvalue weighted by Gasteiger charge is -2.08. The van der Waals surface area contributed by atoms with Crippen LogP contribution in [0.4, 0.5) is 0 Å². The quantitative estimate of drug-likeness (QED) is 0.621. The molecule has 0 amide bonds. The van der Waals surface area contributed by atoms with Crippen LogP contribution in [0.5, 0.6) is 5.75 Å². The van der Waals surface area contributed by atoms with Gasteiger partial charge in [0.15, 0.2) is 5.78 Å². The number of ether oxygens (including phenoxy) is 1. The summed E-state index contributed by atoms with van der Waals surface area (Å²) in [5.41, 5.74) is 0.405. The van der Waals surface area contributed by atoms with E-state index in [4.69, 9.17) is 27.9 Å². The number of carbonyl (C=O) groups is 1. The summed E-state index contributed by atoms with van der Waals surface area (Å²) in [4.78, 5) is 11.4. The van der Waals surface area contributed by atoms with E-state index in [0.29, 0.717) is 28.0 Å². The number of Topliss-reactive ketones (excluding diaryl/α,β-unsaturated/α-hetero) is 1. The molecule has 0 aromatic heterocycles. The molecule has 0 aliphatic heterocycles. The van der Waals surface area contributed by atoms with Gasteiger partial charge in [0.2, 0.25) is 0 Å². The third kappa shape index (κ3) is 3.10. The van der Waals surface area contributed by atoms with Crippen LogP contribution in [0, 0.1) is 0 Å². The lowest BCUT2D eigenvalue weighted by molar-refractivity contribution is 0.102. The van der Waals surface area contributed by atoms with Gasteiger partial charge in [-0.3, -0.25) is 4.79 Å². The van der Waals surface area contributed by atoms with Crippen molar-refractivity contribution in [2.45, 2.75) is 6.92 Å². The van der Waals surface area contributed by atoms with Gasteiger partial charge in [0.25, 0.3) is 0 Å². The summed E-state index contributed by atoms with van der Waals surface area (Å²) in [5.74, 6) is 0.389. The molecule has 2 nitrogen and oxygen atoms in total. The highest BCUT2D eigenvalue weighted by Gasteiger charge is 2.13. The third-order valence-electron chi connectivity index (χ3n) is 1.74. The van der Waals surface area contributed by atoms with Crippen LogP contribution in [-0.4, -0.2) is 17.7 Å². The van der Waals surface area contributed by atoms with Crippen LogP contribution in [0.2, 0.25) is 10.0 Å². The molecule has 0 unspecified atom stereocenters. The smallest absolute Gasteiger partial charge is 0.174 e. The Morgan fingerprint density at radius 3 is 2.60 bits per heavy atom. The monoisotopic (exact) mass is 310 g/mol. The number of carbonyl (C=O) groups excluding carboxylic acids is 1. The predicted octanol–water partition coefficient (Wildman–Crippen LogP) is 3.97. The van der Waals surface area contributed by atoms with Gasteiger partial charge in [-0.1, -0.05) is 39.1 Å². The number of hydrogen-bond donors (Lipinski definition) is 0. The molecule has 0 aliphatic carbocycles. The van der Waals surface area contributed by atoms with E-state index in [1.54, 1.807) is 6.07 Å². The molecule has 0 saturated carbocycles. The van der Waals surface area contributed by atoms with Crippen molar-refractivity contribution in [1.29, 1.82) is 0 Å². The van der Waals surface area contributed by atoms with Crippen molar-refractivity contribution in [2.24, 2.45) is 0 Å². The molecule has 5 heteroatoms. The Bertz CT molecular complexity index is 380. The molecule has 1 aromatic rings. The Balaban J connectivity index is 3.13. The minimum Gasteiger partial charge on any atom is -0.492 e. The molecule has 0 atom stereocenters. The Hall–Kier alpha value is -0.250. The Kier molecular flexibility index (Phi) is 4.90. The van der Waals surface area contributed by atoms with Crippen LogP contribution in [0.25, 0.3) is 0 Å². The van der Waals surface area contributed by atoms with Crippen molar-refractivity contribution >= 4 is 44.9 Å². The van der Waals surface area contributed by atoms with Crippen molar-refractivity contribution < 1.29 is 9.53 Å². The van der Waals surface area contributed by atoms with Crippen molar-refractivity contribution in [3.63, 3.8) is 0 Å². The number of halogens is 3. The molecule has 0 saturated heterocycles. The highest BCUT2D eigenvalue weighted by molar-refractivity contribution is 9.09. The second-order valence-corrected chi connectivity index (χ2v) is 4.13. The van der Waals surface area contributed by atoms with E-state index < -0.39 is 0 Å². The van der Waals surface area contributed by atoms with Crippen molar-refractivity contribution in [1.82, 2.24) is 0 Å². The first-order valence-electron chi connectivity index (χ1n) is 4.31. The van der Waals surface area contributed by atoms with E-state index in [1.807, 2.05) is 6.92 Å². The van der Waals surface area contributed by atoms with E-state index in [0.717, 1.165) is 0 Å². The predicted molar refractivity (Wildman–Crippen MR) is 65.8 cm³/mol. The maximum absolute atomic E-state index is 11.4. The molecular weight excluding hydrogens is 303 g/mol. The molecular formula is C10H9BrCl2O2. The topological polar surface area (TPSA) is 26.3 Å². The number of benzene rings is 1. The zero-order valence-electron chi connectivity index (χ0n) is 8.02. The Morgan fingerprint density at radius 2 is 2.07 bits per heavy atom. The molecule has 0 heterocycles. The van der Waals surface area contributed by atoms with Crippen LogP contribution < -0.4 is 4.74 Å². The van der Waals surface area contributed by atoms with Crippen molar-refractivity contribution in [3.8, 4) is 5.75 Å². The van der Waals surface area contributed by atoms with Crippen LogP contribution in [0.1, 0.15) is 17.3 Å². The fraction of sp³-hybridized carbons (Fsp3) is 0.300. The summed E-state index contributed by atoms with van der Waals surface area (Å²) in [6.07, 6.45) is 0. The minimum absolute atomic E-state index is 0.107. The van der Waals surface area contributed by atoms with Gasteiger partial charge in [-0.25, -0.2) is 0 Å². The molecule has 0 aliphatic rings. The van der Waals surface area contributed by atoms with E-state index in [-0.39, 0.29) is 11.1 Å². The zero-order chi connectivity index (χ0) is 11.4. The number of alkyl halides is 1. The summed E-state index contributed by atoms with van der Waals surface area (Å²) in [7, 11) is 0. The number of rotatable bonds is 4. The van der Waals surface area contributed by atoms with Gasteiger partial charge in [-0.15, -0.1) is 0 Å². The average molecular weight is 312 g/mol. The fourth-order valence-corrected chi connectivity index (χ4v) is 1.86. The van der Waals surface area contributed by atoms with E-state index in [2.05, 4.69) is 15.9 Å². The van der Waals surface area contributed by atoms with Gasteiger partial charge in [0.1, 0.15) is 5.75 Å². The molecule has 82 valence electrons. The van der Waals surface area contributed by atoms with Gasteiger partial charge in [-0.2, -0.15) is 0 Å². The van der Waals surface area contributed by atoms with Crippen LogP contribution in [0.15, 0.2) is 12.1 Å². The van der Waals surface area contributed by atoms with Crippen LogP contribution in [-0.2, 0) is 0 Å². The Morgan fingerprint density at radius 1 is 1.40 bits per heavy atom. The van der Waals surface area contributed by atoms with Gasteiger partial charge in [0.05, 0.1) is 22.0 Å². The highest BCUT2D eigenvalue weighted by atomic mass is 79.9. The number of hydrogen-bond acceptors (Lipinski definition) is 2. The van der Waals surface area contributed by atoms with Crippen molar-refractivity contribution in [3.05, 3.63) is 27.7 Å². The normalized spacial score (nSPS) is 10.1. The van der Waals surface area contributed by atoms with Crippen LogP contribution in [0.3, 0.4) is 0 Å². The summed E-state index contributed by atoms with van der Waals surface area (Å²) >= 11 is 14.9. The largest absolute Gasteiger partial charge is 0.492 e. The molecule has 0 spiro atoms. The second-order valence-electron chi connectivity index (χ2n) is 2.75. The molecule has 0 radical (unpaired) electrons. The highest BCUT2D eigenvalue weighted by Crippen LogP contribution is 2.31. The van der Waals surface area contributed by atoms with Gasteiger partial charge >= 0.3 is 0 Å². The van der Waals surface area contributed by atoms with E-state index in [1.165, 1.54) is 6.07 Å². The van der Waals surface area contributed by atoms with Gasteiger partial charge in [0, 0.05) is 11.6 Å².